The molecule has 1 aromatic heterocycles. The fourth-order valence-corrected chi connectivity index (χ4v) is 2.16. The molecule has 1 saturated heterocycles. The first-order valence-electron chi connectivity index (χ1n) is 6.32. The van der Waals surface area contributed by atoms with Crippen LogP contribution in [-0.2, 0) is 0 Å². The van der Waals surface area contributed by atoms with E-state index in [0.29, 0.717) is 5.69 Å². The Morgan fingerprint density at radius 3 is 2.63 bits per heavy atom. The van der Waals surface area contributed by atoms with E-state index in [1.54, 1.807) is 13.0 Å². The van der Waals surface area contributed by atoms with Gasteiger partial charge in [-0.15, -0.1) is 0 Å². The Morgan fingerprint density at radius 1 is 1.32 bits per heavy atom. The molecule has 2 rings (SSSR count). The van der Waals surface area contributed by atoms with E-state index in [0.717, 1.165) is 25.9 Å². The van der Waals surface area contributed by atoms with Gasteiger partial charge in [0, 0.05) is 18.8 Å². The van der Waals surface area contributed by atoms with Crippen molar-refractivity contribution in [3.63, 3.8) is 0 Å². The van der Waals surface area contributed by atoms with E-state index in [9.17, 15) is 9.59 Å². The van der Waals surface area contributed by atoms with Crippen molar-refractivity contribution < 1.29 is 14.7 Å². The summed E-state index contributed by atoms with van der Waals surface area (Å²) >= 11 is 0. The Morgan fingerprint density at radius 2 is 2.00 bits per heavy atom. The predicted molar refractivity (Wildman–Crippen MR) is 70.1 cm³/mol. The molecule has 1 aromatic rings. The quantitative estimate of drug-likeness (QED) is 0.667. The van der Waals surface area contributed by atoms with Gasteiger partial charge in [0.2, 0.25) is 0 Å². The van der Waals surface area contributed by atoms with Gasteiger partial charge in [0.1, 0.15) is 5.69 Å². The number of hydrazine groups is 1. The molecule has 7 nitrogen and oxygen atoms in total. The van der Waals surface area contributed by atoms with Crippen LogP contribution in [0.4, 0.5) is 10.5 Å². The topological polar surface area (TPSA) is 97.5 Å². The summed E-state index contributed by atoms with van der Waals surface area (Å²) in [6, 6.07) is 1.18. The largest absolute Gasteiger partial charge is 0.477 e. The second kappa shape index (κ2) is 5.75. The number of urea groups is 1. The van der Waals surface area contributed by atoms with Crippen molar-refractivity contribution in [1.82, 2.24) is 15.4 Å². The molecule has 7 heteroatoms. The van der Waals surface area contributed by atoms with Gasteiger partial charge in [0.05, 0.1) is 5.69 Å². The Kier molecular flexibility index (Phi) is 4.06. The molecule has 2 heterocycles. The van der Waals surface area contributed by atoms with Crippen LogP contribution in [0.3, 0.4) is 0 Å². The fraction of sp³-hybridized carbons (Fsp3) is 0.500. The number of hydrogen-bond acceptors (Lipinski definition) is 3. The maximum Gasteiger partial charge on any atom is 0.354 e. The second-order valence-electron chi connectivity index (χ2n) is 4.66. The SMILES string of the molecule is Cc1cc(NC(=O)NN2CCCCC2)c(C(=O)O)[nH]1. The van der Waals surface area contributed by atoms with Crippen LogP contribution in [0.1, 0.15) is 35.4 Å². The zero-order valence-electron chi connectivity index (χ0n) is 10.8. The standard InChI is InChI=1S/C12H18N4O3/c1-8-7-9(10(13-8)11(17)18)14-12(19)15-16-5-3-2-4-6-16/h7,13H,2-6H2,1H3,(H,17,18)(H2,14,15,19). The van der Waals surface area contributed by atoms with Gasteiger partial charge in [-0.25, -0.2) is 14.6 Å². The van der Waals surface area contributed by atoms with Crippen molar-refractivity contribution in [3.05, 3.63) is 17.5 Å². The number of carbonyl (C=O) groups is 2. The number of nitrogens with one attached hydrogen (secondary N) is 3. The number of carboxylic acid groups (broad SMARTS) is 1. The first-order valence-corrected chi connectivity index (χ1v) is 6.32. The number of amides is 2. The number of carbonyl (C=O) groups excluding carboxylic acids is 1. The number of H-pyrrole nitrogens is 1. The monoisotopic (exact) mass is 266 g/mol. The van der Waals surface area contributed by atoms with E-state index in [4.69, 9.17) is 5.11 Å². The molecule has 0 saturated carbocycles. The molecule has 0 aliphatic carbocycles. The van der Waals surface area contributed by atoms with Gasteiger partial charge in [0.15, 0.2) is 0 Å². The van der Waals surface area contributed by atoms with Gasteiger partial charge in [-0.2, -0.15) is 0 Å². The Hall–Kier alpha value is -2.02. The second-order valence-corrected chi connectivity index (χ2v) is 4.66. The molecule has 1 aliphatic rings. The molecular formula is C12H18N4O3. The minimum atomic E-state index is -1.10. The smallest absolute Gasteiger partial charge is 0.354 e. The molecule has 0 unspecified atom stereocenters. The van der Waals surface area contributed by atoms with E-state index in [2.05, 4.69) is 15.7 Å². The zero-order valence-corrected chi connectivity index (χ0v) is 10.8. The molecule has 0 radical (unpaired) electrons. The minimum Gasteiger partial charge on any atom is -0.477 e. The molecular weight excluding hydrogens is 248 g/mol. The van der Waals surface area contributed by atoms with Crippen molar-refractivity contribution in [2.45, 2.75) is 26.2 Å². The summed E-state index contributed by atoms with van der Waals surface area (Å²) in [4.78, 5) is 25.5. The number of nitrogens with zero attached hydrogens (tertiary/aromatic N) is 1. The summed E-state index contributed by atoms with van der Waals surface area (Å²) in [7, 11) is 0. The summed E-state index contributed by atoms with van der Waals surface area (Å²) in [5.41, 5.74) is 3.67. The molecule has 0 bridgehead atoms. The summed E-state index contributed by atoms with van der Waals surface area (Å²) in [6.45, 7) is 3.39. The van der Waals surface area contributed by atoms with E-state index in [1.807, 2.05) is 5.01 Å². The Bertz CT molecular complexity index is 477. The summed E-state index contributed by atoms with van der Waals surface area (Å²) in [6.07, 6.45) is 3.30. The third-order valence-electron chi connectivity index (χ3n) is 3.03. The molecule has 1 aliphatic heterocycles. The first-order chi connectivity index (χ1) is 9.06. The average Bonchev–Trinajstić information content (AvgIpc) is 2.71. The van der Waals surface area contributed by atoms with Gasteiger partial charge in [-0.1, -0.05) is 6.42 Å². The third-order valence-corrected chi connectivity index (χ3v) is 3.03. The van der Waals surface area contributed by atoms with Crippen molar-refractivity contribution in [2.75, 3.05) is 18.4 Å². The predicted octanol–water partition coefficient (Wildman–Crippen LogP) is 1.54. The number of aryl methyl sites for hydroxylation is 1. The fourth-order valence-electron chi connectivity index (χ4n) is 2.16. The first kappa shape index (κ1) is 13.4. The van der Waals surface area contributed by atoms with Crippen molar-refractivity contribution in [2.24, 2.45) is 0 Å². The number of piperidine rings is 1. The molecule has 0 spiro atoms. The molecule has 1 fully saturated rings. The number of aromatic amines is 1. The molecule has 104 valence electrons. The van der Waals surface area contributed by atoms with E-state index in [1.165, 1.54) is 6.42 Å². The van der Waals surface area contributed by atoms with Gasteiger partial charge >= 0.3 is 12.0 Å². The number of aromatic carboxylic acids is 1. The highest BCUT2D eigenvalue weighted by molar-refractivity contribution is 5.98. The summed E-state index contributed by atoms with van der Waals surface area (Å²) in [5, 5.41) is 13.4. The number of rotatable bonds is 3. The number of hydrogen-bond donors (Lipinski definition) is 4. The highest BCUT2D eigenvalue weighted by Gasteiger charge is 2.17. The molecule has 0 aromatic carbocycles. The van der Waals surface area contributed by atoms with Crippen LogP contribution in [0.2, 0.25) is 0 Å². The van der Waals surface area contributed by atoms with Crippen LogP contribution >= 0.6 is 0 Å². The molecule has 2 amide bonds. The van der Waals surface area contributed by atoms with Crippen LogP contribution < -0.4 is 10.7 Å². The summed E-state index contributed by atoms with van der Waals surface area (Å²) in [5.74, 6) is -1.10. The number of anilines is 1. The summed E-state index contributed by atoms with van der Waals surface area (Å²) < 4.78 is 0. The normalized spacial score (nSPS) is 16.1. The Labute approximate surface area is 111 Å². The molecule has 19 heavy (non-hydrogen) atoms. The minimum absolute atomic E-state index is 0.00806. The van der Waals surface area contributed by atoms with Crippen LogP contribution in [0.15, 0.2) is 6.07 Å². The van der Waals surface area contributed by atoms with E-state index < -0.39 is 12.0 Å². The lowest BCUT2D eigenvalue weighted by molar-refractivity contribution is 0.0692. The average molecular weight is 266 g/mol. The van der Waals surface area contributed by atoms with Crippen LogP contribution in [-0.4, -0.2) is 40.2 Å². The maximum atomic E-state index is 11.8. The maximum absolute atomic E-state index is 11.8. The van der Waals surface area contributed by atoms with Crippen molar-refractivity contribution in [1.29, 1.82) is 0 Å². The van der Waals surface area contributed by atoms with Crippen LogP contribution in [0.5, 0.6) is 0 Å². The number of aromatic nitrogens is 1. The van der Waals surface area contributed by atoms with E-state index >= 15 is 0 Å². The van der Waals surface area contributed by atoms with Gasteiger partial charge in [-0.05, 0) is 25.8 Å². The third kappa shape index (κ3) is 3.47. The van der Waals surface area contributed by atoms with Crippen molar-refractivity contribution in [3.8, 4) is 0 Å². The highest BCUT2D eigenvalue weighted by Crippen LogP contribution is 2.16. The van der Waals surface area contributed by atoms with Crippen LogP contribution in [0.25, 0.3) is 0 Å². The van der Waals surface area contributed by atoms with E-state index in [-0.39, 0.29) is 11.4 Å². The van der Waals surface area contributed by atoms with Gasteiger partial charge in [-0.3, -0.25) is 5.43 Å². The number of carboxylic acids is 1. The van der Waals surface area contributed by atoms with Gasteiger partial charge in [0.25, 0.3) is 0 Å². The highest BCUT2D eigenvalue weighted by atomic mass is 16.4. The lowest BCUT2D eigenvalue weighted by Crippen LogP contribution is -2.46. The zero-order chi connectivity index (χ0) is 13.8. The van der Waals surface area contributed by atoms with Crippen molar-refractivity contribution >= 4 is 17.7 Å². The lowest BCUT2D eigenvalue weighted by Gasteiger charge is -2.26. The van der Waals surface area contributed by atoms with Crippen LogP contribution in [0, 0.1) is 6.92 Å². The Balaban J connectivity index is 1.96. The van der Waals surface area contributed by atoms with Gasteiger partial charge < -0.3 is 15.4 Å². The molecule has 4 N–H and O–H groups in total. The molecule has 0 atom stereocenters. The lowest BCUT2D eigenvalue weighted by atomic mass is 10.2.